The Morgan fingerprint density at radius 3 is 1.32 bits per heavy atom. The SMILES string of the molecule is c1cc(-c2cc3c(c4ccccc24)-c2ccccc2C32c3ccccc3-c3ccccc32)cc(-c2c3ccccc3c(-c3ccc4oc5ccccc5c4c3)c3ccccc23)c1. The van der Waals surface area contributed by atoms with Crippen molar-refractivity contribution in [3.63, 3.8) is 0 Å². The zero-order chi connectivity index (χ0) is 40.5. The predicted molar refractivity (Wildman–Crippen MR) is 259 cm³/mol. The summed E-state index contributed by atoms with van der Waals surface area (Å²) in [6.07, 6.45) is 0. The Labute approximate surface area is 358 Å². The minimum absolute atomic E-state index is 0.427. The van der Waals surface area contributed by atoms with Crippen molar-refractivity contribution in [2.75, 3.05) is 0 Å². The Morgan fingerprint density at radius 2 is 0.694 bits per heavy atom. The van der Waals surface area contributed by atoms with Gasteiger partial charge >= 0.3 is 0 Å². The van der Waals surface area contributed by atoms with Crippen molar-refractivity contribution in [1.82, 2.24) is 0 Å². The van der Waals surface area contributed by atoms with E-state index in [1.807, 2.05) is 6.07 Å². The number of fused-ring (bicyclic) bond motifs is 17. The van der Waals surface area contributed by atoms with Gasteiger partial charge < -0.3 is 4.42 Å². The minimum Gasteiger partial charge on any atom is -0.456 e. The van der Waals surface area contributed by atoms with Gasteiger partial charge in [0.15, 0.2) is 0 Å². The molecule has 0 N–H and O–H groups in total. The second-order valence-corrected chi connectivity index (χ2v) is 17.0. The first kappa shape index (κ1) is 33.8. The van der Waals surface area contributed by atoms with Gasteiger partial charge in [-0.3, -0.25) is 0 Å². The monoisotopic (exact) mass is 784 g/mol. The van der Waals surface area contributed by atoms with E-state index < -0.39 is 5.41 Å². The van der Waals surface area contributed by atoms with E-state index in [-0.39, 0.29) is 0 Å². The Morgan fingerprint density at radius 1 is 0.242 bits per heavy atom. The molecule has 1 nitrogen and oxygen atoms in total. The lowest BCUT2D eigenvalue weighted by molar-refractivity contribution is 0.669. The molecule has 1 heterocycles. The summed E-state index contributed by atoms with van der Waals surface area (Å²) < 4.78 is 6.27. The first-order chi connectivity index (χ1) is 30.8. The summed E-state index contributed by atoms with van der Waals surface area (Å²) >= 11 is 0. The smallest absolute Gasteiger partial charge is 0.135 e. The van der Waals surface area contributed by atoms with Crippen LogP contribution >= 0.6 is 0 Å². The molecule has 62 heavy (non-hydrogen) atoms. The second-order valence-electron chi connectivity index (χ2n) is 17.0. The largest absolute Gasteiger partial charge is 0.456 e. The predicted octanol–water partition coefficient (Wildman–Crippen LogP) is 16.4. The zero-order valence-electron chi connectivity index (χ0n) is 33.7. The van der Waals surface area contributed by atoms with Crippen LogP contribution in [0.15, 0.2) is 223 Å². The van der Waals surface area contributed by atoms with Gasteiger partial charge in [-0.2, -0.15) is 0 Å². The van der Waals surface area contributed by atoms with Crippen molar-refractivity contribution >= 4 is 54.3 Å². The van der Waals surface area contributed by atoms with E-state index in [1.165, 1.54) is 110 Å². The highest BCUT2D eigenvalue weighted by atomic mass is 16.3. The molecule has 0 atom stereocenters. The fourth-order valence-electron chi connectivity index (χ4n) is 11.7. The lowest BCUT2D eigenvalue weighted by atomic mass is 9.70. The summed E-state index contributed by atoms with van der Waals surface area (Å²) in [7, 11) is 0. The third-order valence-electron chi connectivity index (χ3n) is 14.1. The van der Waals surface area contributed by atoms with Crippen molar-refractivity contribution in [1.29, 1.82) is 0 Å². The van der Waals surface area contributed by atoms with Crippen LogP contribution in [0.2, 0.25) is 0 Å². The molecule has 0 fully saturated rings. The van der Waals surface area contributed by atoms with E-state index in [9.17, 15) is 0 Å². The molecule has 0 radical (unpaired) electrons. The topological polar surface area (TPSA) is 13.1 Å². The van der Waals surface area contributed by atoms with Crippen LogP contribution in [-0.2, 0) is 5.41 Å². The van der Waals surface area contributed by atoms with Crippen LogP contribution in [0.4, 0.5) is 0 Å². The number of hydrogen-bond acceptors (Lipinski definition) is 1. The maximum atomic E-state index is 6.27. The molecule has 12 aromatic rings. The Hall–Kier alpha value is -8.00. The highest BCUT2D eigenvalue weighted by Crippen LogP contribution is 2.64. The summed E-state index contributed by atoms with van der Waals surface area (Å²) in [6.45, 7) is 0. The van der Waals surface area contributed by atoms with Crippen molar-refractivity contribution in [2.24, 2.45) is 0 Å². The minimum atomic E-state index is -0.427. The van der Waals surface area contributed by atoms with E-state index >= 15 is 0 Å². The summed E-state index contributed by atoms with van der Waals surface area (Å²) in [5.41, 5.74) is 19.5. The Bertz CT molecular complexity index is 3780. The molecular weight excluding hydrogens is 749 g/mol. The molecule has 0 aliphatic heterocycles. The fourth-order valence-corrected chi connectivity index (χ4v) is 11.7. The lowest BCUT2D eigenvalue weighted by Crippen LogP contribution is -2.25. The number of para-hydroxylation sites is 1. The van der Waals surface area contributed by atoms with Crippen LogP contribution < -0.4 is 0 Å². The van der Waals surface area contributed by atoms with Crippen LogP contribution in [0.5, 0.6) is 0 Å². The number of benzene rings is 11. The third kappa shape index (κ3) is 4.37. The van der Waals surface area contributed by atoms with E-state index in [1.54, 1.807) is 0 Å². The molecule has 1 spiro atoms. The molecule has 1 heteroatoms. The van der Waals surface area contributed by atoms with E-state index in [0.29, 0.717) is 0 Å². The molecule has 0 bridgehead atoms. The number of hydrogen-bond donors (Lipinski definition) is 0. The van der Waals surface area contributed by atoms with Crippen LogP contribution in [0.1, 0.15) is 22.3 Å². The molecule has 2 aliphatic carbocycles. The van der Waals surface area contributed by atoms with Gasteiger partial charge in [-0.25, -0.2) is 0 Å². The molecule has 0 saturated carbocycles. The van der Waals surface area contributed by atoms with Gasteiger partial charge in [0.05, 0.1) is 5.41 Å². The second kappa shape index (κ2) is 12.5. The van der Waals surface area contributed by atoms with Crippen LogP contribution in [-0.4, -0.2) is 0 Å². The summed E-state index contributed by atoms with van der Waals surface area (Å²) in [6, 6.07) is 81.2. The van der Waals surface area contributed by atoms with E-state index in [0.717, 1.165) is 21.9 Å². The van der Waals surface area contributed by atoms with Gasteiger partial charge in [-0.1, -0.05) is 188 Å². The van der Waals surface area contributed by atoms with E-state index in [2.05, 4.69) is 212 Å². The quantitative estimate of drug-likeness (QED) is 0.163. The van der Waals surface area contributed by atoms with Crippen molar-refractivity contribution in [2.45, 2.75) is 5.41 Å². The first-order valence-electron chi connectivity index (χ1n) is 21.6. The van der Waals surface area contributed by atoms with Crippen molar-refractivity contribution in [3.8, 4) is 55.6 Å². The van der Waals surface area contributed by atoms with Gasteiger partial charge in [0.2, 0.25) is 0 Å². The highest BCUT2D eigenvalue weighted by molar-refractivity contribution is 6.22. The van der Waals surface area contributed by atoms with Crippen LogP contribution in [0.25, 0.3) is 110 Å². The standard InChI is InChI=1S/C61H36O/c1-2-22-44-40(18-1)50(36-55-60(44)49-27-9-13-30-54(49)61(55)52-28-11-7-19-41(52)42-20-8-12-29-53(42)61)37-16-15-17-38(34-37)58-45-23-3-5-25-47(45)59(48-26-6-4-24-46(48)58)39-32-33-57-51(35-39)43-21-10-14-31-56(43)62-57/h1-36H. The Balaban J connectivity index is 1.02. The normalized spacial score (nSPS) is 13.3. The maximum Gasteiger partial charge on any atom is 0.135 e. The zero-order valence-corrected chi connectivity index (χ0v) is 33.7. The van der Waals surface area contributed by atoms with Gasteiger partial charge in [0.25, 0.3) is 0 Å². The summed E-state index contributed by atoms with van der Waals surface area (Å²) in [4.78, 5) is 0. The molecule has 0 saturated heterocycles. The Kier molecular flexibility index (Phi) is 6.82. The summed E-state index contributed by atoms with van der Waals surface area (Å²) in [5.74, 6) is 0. The van der Waals surface area contributed by atoms with Crippen LogP contribution in [0, 0.1) is 0 Å². The molecule has 11 aromatic carbocycles. The van der Waals surface area contributed by atoms with Gasteiger partial charge in [0.1, 0.15) is 11.2 Å². The van der Waals surface area contributed by atoms with Crippen LogP contribution in [0.3, 0.4) is 0 Å². The van der Waals surface area contributed by atoms with Gasteiger partial charge in [-0.15, -0.1) is 0 Å². The molecule has 0 unspecified atom stereocenters. The van der Waals surface area contributed by atoms with Gasteiger partial charge in [0, 0.05) is 10.8 Å². The van der Waals surface area contributed by atoms with Crippen molar-refractivity contribution < 1.29 is 4.42 Å². The average molecular weight is 785 g/mol. The number of rotatable bonds is 3. The molecule has 2 aliphatic rings. The molecule has 286 valence electrons. The molecule has 0 amide bonds. The first-order valence-corrected chi connectivity index (χ1v) is 21.6. The lowest BCUT2D eigenvalue weighted by Gasteiger charge is -2.31. The molecule has 14 rings (SSSR count). The fraction of sp³-hybridized carbons (Fsp3) is 0.0164. The van der Waals surface area contributed by atoms with Gasteiger partial charge in [-0.05, 0) is 141 Å². The molecule has 1 aromatic heterocycles. The molecular formula is C61H36O. The average Bonchev–Trinajstić information content (AvgIpc) is 3.97. The maximum absolute atomic E-state index is 6.27. The third-order valence-corrected chi connectivity index (χ3v) is 14.1. The highest BCUT2D eigenvalue weighted by Gasteiger charge is 2.52. The van der Waals surface area contributed by atoms with E-state index in [4.69, 9.17) is 4.42 Å². The number of furan rings is 1. The summed E-state index contributed by atoms with van der Waals surface area (Å²) in [5, 5.41) is 9.78. The van der Waals surface area contributed by atoms with Crippen molar-refractivity contribution in [3.05, 3.63) is 241 Å².